The second-order valence-corrected chi connectivity index (χ2v) is 8.61. The number of carbonyl (C=O) groups excluding carboxylic acids is 1. The summed E-state index contributed by atoms with van der Waals surface area (Å²) in [5.74, 6) is 0.0363. The first-order valence-electron chi connectivity index (χ1n) is 9.27. The highest BCUT2D eigenvalue weighted by Crippen LogP contribution is 2.35. The Morgan fingerprint density at radius 3 is 2.83 bits per heavy atom. The van der Waals surface area contributed by atoms with Gasteiger partial charge in [-0.25, -0.2) is 0 Å². The van der Waals surface area contributed by atoms with Gasteiger partial charge < -0.3 is 14.9 Å². The zero-order chi connectivity index (χ0) is 21.1. The van der Waals surface area contributed by atoms with Crippen LogP contribution in [-0.2, 0) is 11.8 Å². The molecule has 0 saturated carbocycles. The van der Waals surface area contributed by atoms with E-state index in [1.54, 1.807) is 17.0 Å². The van der Waals surface area contributed by atoms with E-state index >= 15 is 0 Å². The van der Waals surface area contributed by atoms with E-state index in [2.05, 4.69) is 26.6 Å². The second kappa shape index (κ2) is 9.12. The number of rotatable bonds is 7. The minimum Gasteiger partial charge on any atom is -0.361 e. The van der Waals surface area contributed by atoms with Gasteiger partial charge in [0.05, 0.1) is 5.75 Å². The van der Waals surface area contributed by atoms with Crippen molar-refractivity contribution in [1.29, 1.82) is 0 Å². The van der Waals surface area contributed by atoms with E-state index < -0.39 is 0 Å². The Bertz CT molecular complexity index is 1190. The minimum atomic E-state index is -0.130. The van der Waals surface area contributed by atoms with Crippen LogP contribution in [0.25, 0.3) is 10.9 Å². The Morgan fingerprint density at radius 1 is 1.23 bits per heavy atom. The lowest BCUT2D eigenvalue weighted by Gasteiger charge is -2.19. The van der Waals surface area contributed by atoms with Crippen LogP contribution >= 0.6 is 35.0 Å². The summed E-state index contributed by atoms with van der Waals surface area (Å²) in [5.41, 5.74) is 3.01. The van der Waals surface area contributed by atoms with Gasteiger partial charge in [0.25, 0.3) is 0 Å². The number of H-pyrrole nitrogens is 1. The van der Waals surface area contributed by atoms with Gasteiger partial charge in [-0.05, 0) is 29.3 Å². The number of thioether (sulfide) groups is 1. The molecule has 2 aromatic carbocycles. The molecular weight excluding hydrogens is 441 g/mol. The molecule has 0 radical (unpaired) electrons. The lowest BCUT2D eigenvalue weighted by Crippen LogP contribution is -2.30. The fourth-order valence-electron chi connectivity index (χ4n) is 3.35. The average molecular weight is 460 g/mol. The quantitative estimate of drug-likeness (QED) is 0.394. The fraction of sp³-hybridized carbons (Fsp3) is 0.190. The number of nitrogens with zero attached hydrogens (tertiary/aromatic N) is 3. The summed E-state index contributed by atoms with van der Waals surface area (Å²) < 4.78 is 1.78. The Morgan fingerprint density at radius 2 is 2.07 bits per heavy atom. The van der Waals surface area contributed by atoms with Crippen molar-refractivity contribution in [1.82, 2.24) is 25.1 Å². The van der Waals surface area contributed by atoms with Gasteiger partial charge >= 0.3 is 0 Å². The molecule has 2 heterocycles. The maximum absolute atomic E-state index is 12.5. The number of carbonyl (C=O) groups is 1. The Hall–Kier alpha value is -2.48. The predicted molar refractivity (Wildman–Crippen MR) is 121 cm³/mol. The number of aryl methyl sites for hydroxylation is 1. The molecule has 0 aliphatic carbocycles. The number of fused-ring (bicyclic) bond motifs is 1. The lowest BCUT2D eigenvalue weighted by molar-refractivity contribution is -0.118. The molecular formula is C21H19Cl2N5OS. The first-order chi connectivity index (χ1) is 14.5. The van der Waals surface area contributed by atoms with Crippen LogP contribution in [0.3, 0.4) is 0 Å². The van der Waals surface area contributed by atoms with Crippen LogP contribution in [-0.4, -0.2) is 38.0 Å². The standard InChI is InChI=1S/C21H19Cl2N5OS/c1-28-12-26-27-21(28)30-11-20(29)25-10-16(14-7-6-13(22)8-18(14)23)17-9-24-19-5-3-2-4-15(17)19/h2-9,12,16,24H,10-11H2,1H3,(H,25,29). The lowest BCUT2D eigenvalue weighted by atomic mass is 9.90. The Labute approximate surface area is 188 Å². The van der Waals surface area contributed by atoms with Crippen molar-refractivity contribution < 1.29 is 4.79 Å². The highest BCUT2D eigenvalue weighted by molar-refractivity contribution is 7.99. The number of para-hydroxylation sites is 1. The van der Waals surface area contributed by atoms with Crippen molar-refractivity contribution in [3.05, 3.63) is 76.2 Å². The van der Waals surface area contributed by atoms with Gasteiger partial charge in [-0.2, -0.15) is 0 Å². The Balaban J connectivity index is 1.56. The maximum Gasteiger partial charge on any atom is 0.230 e. The summed E-state index contributed by atoms with van der Waals surface area (Å²) in [6.45, 7) is 0.404. The van der Waals surface area contributed by atoms with Crippen LogP contribution in [0.2, 0.25) is 10.0 Å². The first kappa shape index (κ1) is 20.8. The van der Waals surface area contributed by atoms with Crippen LogP contribution in [0, 0.1) is 0 Å². The van der Waals surface area contributed by atoms with Gasteiger partial charge in [0.2, 0.25) is 5.91 Å². The predicted octanol–water partition coefficient (Wildman–Crippen LogP) is 4.64. The molecule has 0 aliphatic rings. The zero-order valence-corrected chi connectivity index (χ0v) is 18.4. The number of aromatic amines is 1. The number of halogens is 2. The summed E-state index contributed by atoms with van der Waals surface area (Å²) in [5, 5.41) is 13.8. The van der Waals surface area contributed by atoms with Crippen molar-refractivity contribution in [3.63, 3.8) is 0 Å². The number of nitrogens with one attached hydrogen (secondary N) is 2. The number of aromatic nitrogens is 4. The monoisotopic (exact) mass is 459 g/mol. The fourth-order valence-corrected chi connectivity index (χ4v) is 4.61. The van der Waals surface area contributed by atoms with Crippen LogP contribution < -0.4 is 5.32 Å². The molecule has 2 N–H and O–H groups in total. The molecule has 4 rings (SSSR count). The van der Waals surface area contributed by atoms with Crippen molar-refractivity contribution in [2.75, 3.05) is 12.3 Å². The molecule has 0 spiro atoms. The van der Waals surface area contributed by atoms with Gasteiger partial charge in [0.15, 0.2) is 5.16 Å². The third kappa shape index (κ3) is 4.48. The Kier molecular flexibility index (Phi) is 6.32. The van der Waals surface area contributed by atoms with E-state index in [9.17, 15) is 4.79 Å². The zero-order valence-electron chi connectivity index (χ0n) is 16.1. The van der Waals surface area contributed by atoms with Crippen molar-refractivity contribution in [2.24, 2.45) is 7.05 Å². The van der Waals surface area contributed by atoms with Crippen LogP contribution in [0.5, 0.6) is 0 Å². The summed E-state index contributed by atoms with van der Waals surface area (Å²) in [7, 11) is 1.84. The molecule has 9 heteroatoms. The van der Waals surface area contributed by atoms with Crippen molar-refractivity contribution in [3.8, 4) is 0 Å². The van der Waals surface area contributed by atoms with E-state index in [-0.39, 0.29) is 17.6 Å². The summed E-state index contributed by atoms with van der Waals surface area (Å²) in [6, 6.07) is 13.5. The van der Waals surface area contributed by atoms with E-state index in [0.29, 0.717) is 21.7 Å². The largest absolute Gasteiger partial charge is 0.361 e. The average Bonchev–Trinajstić information content (AvgIpc) is 3.34. The molecule has 6 nitrogen and oxygen atoms in total. The summed E-state index contributed by atoms with van der Waals surface area (Å²) in [4.78, 5) is 15.8. The van der Waals surface area contributed by atoms with E-state index in [1.807, 2.05) is 43.6 Å². The van der Waals surface area contributed by atoms with Crippen LogP contribution in [0.15, 0.2) is 60.1 Å². The van der Waals surface area contributed by atoms with Gasteiger partial charge in [0, 0.05) is 46.7 Å². The SMILES string of the molecule is Cn1cnnc1SCC(=O)NCC(c1ccc(Cl)cc1Cl)c1c[nH]c2ccccc12. The smallest absolute Gasteiger partial charge is 0.230 e. The maximum atomic E-state index is 12.5. The van der Waals surface area contributed by atoms with E-state index in [4.69, 9.17) is 23.2 Å². The molecule has 1 unspecified atom stereocenters. The second-order valence-electron chi connectivity index (χ2n) is 6.83. The van der Waals surface area contributed by atoms with E-state index in [0.717, 1.165) is 22.0 Å². The van der Waals surface area contributed by atoms with Crippen molar-refractivity contribution in [2.45, 2.75) is 11.1 Å². The number of hydrogen-bond acceptors (Lipinski definition) is 4. The molecule has 0 saturated heterocycles. The number of benzene rings is 2. The van der Waals surface area contributed by atoms with Gasteiger partial charge in [0.1, 0.15) is 6.33 Å². The minimum absolute atomic E-state index is 0.0853. The molecule has 0 fully saturated rings. The highest BCUT2D eigenvalue weighted by atomic mass is 35.5. The molecule has 30 heavy (non-hydrogen) atoms. The molecule has 0 bridgehead atoms. The molecule has 2 aromatic heterocycles. The highest BCUT2D eigenvalue weighted by Gasteiger charge is 2.21. The molecule has 154 valence electrons. The number of hydrogen-bond donors (Lipinski definition) is 2. The van der Waals surface area contributed by atoms with Gasteiger partial charge in [-0.1, -0.05) is 59.2 Å². The first-order valence-corrected chi connectivity index (χ1v) is 11.0. The topological polar surface area (TPSA) is 75.6 Å². The van der Waals surface area contributed by atoms with Gasteiger partial charge in [-0.15, -0.1) is 10.2 Å². The van der Waals surface area contributed by atoms with Crippen LogP contribution in [0.1, 0.15) is 17.0 Å². The van der Waals surface area contributed by atoms with Crippen molar-refractivity contribution >= 4 is 51.8 Å². The normalized spacial score (nSPS) is 12.2. The third-order valence-electron chi connectivity index (χ3n) is 4.84. The summed E-state index contributed by atoms with van der Waals surface area (Å²) >= 11 is 14.0. The molecule has 0 aliphatic heterocycles. The molecule has 4 aromatic rings. The summed E-state index contributed by atoms with van der Waals surface area (Å²) in [6.07, 6.45) is 3.58. The van der Waals surface area contributed by atoms with E-state index in [1.165, 1.54) is 11.8 Å². The third-order valence-corrected chi connectivity index (χ3v) is 6.44. The molecule has 1 amide bonds. The van der Waals surface area contributed by atoms with Crippen LogP contribution in [0.4, 0.5) is 0 Å². The number of amides is 1. The molecule has 1 atom stereocenters. The van der Waals surface area contributed by atoms with Gasteiger partial charge in [-0.3, -0.25) is 4.79 Å².